The van der Waals surface area contributed by atoms with Crippen molar-refractivity contribution in [3.8, 4) is 5.75 Å². The number of nitrogens with two attached hydrogens (primary N) is 1. The Morgan fingerprint density at radius 1 is 1.05 bits per heavy atom. The summed E-state index contributed by atoms with van der Waals surface area (Å²) in [4.78, 5) is 52.9. The van der Waals surface area contributed by atoms with Crippen LogP contribution in [0.15, 0.2) is 42.5 Å². The molecule has 0 radical (unpaired) electrons. The molecule has 0 heterocycles. The number of rotatable bonds is 11. The average Bonchev–Trinajstić information content (AvgIpc) is 2.83. The summed E-state index contributed by atoms with van der Waals surface area (Å²) in [6.45, 7) is 7.67. The smallest absolute Gasteiger partial charge is 0.408 e. The highest BCUT2D eigenvalue weighted by Gasteiger charge is 2.36. The number of carbonyl (C=O) groups excluding carboxylic acids is 4. The maximum atomic E-state index is 13.9. The minimum atomic E-state index is -1.29. The summed E-state index contributed by atoms with van der Waals surface area (Å²) in [5.41, 5.74) is 6.59. The molecule has 0 aliphatic rings. The highest BCUT2D eigenvalue weighted by atomic mass is 16.6. The standard InChI is InChI=1S/C28H38N4O7/c1-17-8-6-7-9-20(17)30-25(36)24(19-10-12-22(34)18(2)16-19)32(14-15-33)26(37)21(11-13-23(29)35)31-27(38)39-28(3,4)5/h6-10,12,16,21,24,33-34H,11,13-15H2,1-5H3,(H2,29,35)(H,30,36)(H,31,38). The molecule has 0 aliphatic carbocycles. The molecule has 0 aromatic heterocycles. The molecule has 0 saturated heterocycles. The normalized spacial score (nSPS) is 12.7. The summed E-state index contributed by atoms with van der Waals surface area (Å²) < 4.78 is 5.29. The minimum absolute atomic E-state index is 0.00257. The quantitative estimate of drug-likeness (QED) is 0.290. The lowest BCUT2D eigenvalue weighted by atomic mass is 9.99. The summed E-state index contributed by atoms with van der Waals surface area (Å²) in [6.07, 6.45) is -1.27. The lowest BCUT2D eigenvalue weighted by Gasteiger charge is -2.34. The number of aryl methyl sites for hydroxylation is 2. The number of hydrogen-bond acceptors (Lipinski definition) is 7. The monoisotopic (exact) mass is 542 g/mol. The Hall–Kier alpha value is -4.12. The van der Waals surface area contributed by atoms with Crippen LogP contribution in [0.1, 0.15) is 56.3 Å². The van der Waals surface area contributed by atoms with Gasteiger partial charge in [0.15, 0.2) is 0 Å². The van der Waals surface area contributed by atoms with Crippen LogP contribution in [0.3, 0.4) is 0 Å². The number of primary amides is 1. The van der Waals surface area contributed by atoms with Gasteiger partial charge in [-0.05, 0) is 75.9 Å². The Balaban J connectivity index is 2.55. The summed E-state index contributed by atoms with van der Waals surface area (Å²) in [7, 11) is 0. The number of phenolic OH excluding ortho intramolecular Hbond substituents is 1. The van der Waals surface area contributed by atoms with Gasteiger partial charge >= 0.3 is 6.09 Å². The number of benzene rings is 2. The number of hydrogen-bond donors (Lipinski definition) is 5. The van der Waals surface area contributed by atoms with Crippen LogP contribution < -0.4 is 16.4 Å². The number of para-hydroxylation sites is 1. The molecule has 212 valence electrons. The fraction of sp³-hybridized carbons (Fsp3) is 0.429. The van der Waals surface area contributed by atoms with Gasteiger partial charge in [0, 0.05) is 18.7 Å². The molecule has 11 heteroatoms. The highest BCUT2D eigenvalue weighted by molar-refractivity contribution is 5.99. The Morgan fingerprint density at radius 3 is 2.28 bits per heavy atom. The van der Waals surface area contributed by atoms with Crippen molar-refractivity contribution in [3.63, 3.8) is 0 Å². The van der Waals surface area contributed by atoms with Crippen molar-refractivity contribution in [2.75, 3.05) is 18.5 Å². The molecule has 39 heavy (non-hydrogen) atoms. The van der Waals surface area contributed by atoms with E-state index in [1.807, 2.05) is 19.1 Å². The van der Waals surface area contributed by atoms with Crippen LogP contribution in [0.5, 0.6) is 5.75 Å². The van der Waals surface area contributed by atoms with Crippen molar-refractivity contribution in [2.24, 2.45) is 5.73 Å². The van der Waals surface area contributed by atoms with Crippen molar-refractivity contribution < 1.29 is 34.1 Å². The lowest BCUT2D eigenvalue weighted by Crippen LogP contribution is -2.53. The van der Waals surface area contributed by atoms with E-state index in [-0.39, 0.29) is 25.1 Å². The zero-order chi connectivity index (χ0) is 29.3. The molecule has 4 amide bonds. The number of anilines is 1. The number of aliphatic hydroxyl groups excluding tert-OH is 1. The number of carbonyl (C=O) groups is 4. The van der Waals surface area contributed by atoms with Crippen molar-refractivity contribution in [1.29, 1.82) is 0 Å². The minimum Gasteiger partial charge on any atom is -0.508 e. The SMILES string of the molecule is Cc1cc(C(C(=O)Nc2ccccc2C)N(CCO)C(=O)C(CCC(N)=O)NC(=O)OC(C)(C)C)ccc1O. The van der Waals surface area contributed by atoms with Crippen molar-refractivity contribution in [3.05, 3.63) is 59.2 Å². The second-order valence-corrected chi connectivity index (χ2v) is 10.2. The molecule has 0 spiro atoms. The van der Waals surface area contributed by atoms with Gasteiger partial charge in [0.05, 0.1) is 6.61 Å². The number of nitrogens with one attached hydrogen (secondary N) is 2. The number of aliphatic hydroxyl groups is 1. The molecule has 2 unspecified atom stereocenters. The Bertz CT molecular complexity index is 1190. The molecule has 0 fully saturated rings. The summed E-state index contributed by atoms with van der Waals surface area (Å²) >= 11 is 0. The van der Waals surface area contributed by atoms with E-state index in [4.69, 9.17) is 10.5 Å². The first kappa shape index (κ1) is 31.1. The second kappa shape index (κ2) is 13.6. The zero-order valence-electron chi connectivity index (χ0n) is 23.0. The molecule has 0 saturated carbocycles. The third kappa shape index (κ3) is 9.29. The number of phenols is 1. The number of alkyl carbamates (subject to hydrolysis) is 1. The third-order valence-corrected chi connectivity index (χ3v) is 5.79. The van der Waals surface area contributed by atoms with Crippen LogP contribution in [-0.2, 0) is 19.1 Å². The fourth-order valence-corrected chi connectivity index (χ4v) is 3.90. The largest absolute Gasteiger partial charge is 0.508 e. The van der Waals surface area contributed by atoms with Crippen LogP contribution in [-0.4, -0.2) is 63.7 Å². The van der Waals surface area contributed by atoms with Gasteiger partial charge < -0.3 is 36.2 Å². The number of amides is 4. The van der Waals surface area contributed by atoms with E-state index >= 15 is 0 Å². The van der Waals surface area contributed by atoms with Crippen molar-refractivity contribution >= 4 is 29.5 Å². The lowest BCUT2D eigenvalue weighted by molar-refractivity contribution is -0.141. The first-order chi connectivity index (χ1) is 18.2. The fourth-order valence-electron chi connectivity index (χ4n) is 3.90. The number of nitrogens with zero attached hydrogens (tertiary/aromatic N) is 1. The van der Waals surface area contributed by atoms with Crippen molar-refractivity contribution in [1.82, 2.24) is 10.2 Å². The molecular formula is C28H38N4O7. The van der Waals surface area contributed by atoms with Gasteiger partial charge in [-0.1, -0.05) is 24.3 Å². The Kier molecular flexibility index (Phi) is 10.9. The van der Waals surface area contributed by atoms with E-state index in [0.29, 0.717) is 16.8 Å². The predicted molar refractivity (Wildman–Crippen MR) is 146 cm³/mol. The molecule has 2 atom stereocenters. The van der Waals surface area contributed by atoms with Gasteiger partial charge in [0.25, 0.3) is 5.91 Å². The van der Waals surface area contributed by atoms with E-state index in [1.165, 1.54) is 12.1 Å². The van der Waals surface area contributed by atoms with Crippen LogP contribution in [0.4, 0.5) is 10.5 Å². The molecule has 0 aliphatic heterocycles. The average molecular weight is 543 g/mol. The third-order valence-electron chi connectivity index (χ3n) is 5.79. The van der Waals surface area contributed by atoms with Gasteiger partial charge in [0.1, 0.15) is 23.4 Å². The Morgan fingerprint density at radius 2 is 1.72 bits per heavy atom. The molecular weight excluding hydrogens is 504 g/mol. The van der Waals surface area contributed by atoms with Crippen LogP contribution >= 0.6 is 0 Å². The number of aromatic hydroxyl groups is 1. The van der Waals surface area contributed by atoms with Gasteiger partial charge in [-0.25, -0.2) is 4.79 Å². The van der Waals surface area contributed by atoms with E-state index in [2.05, 4.69) is 10.6 Å². The highest BCUT2D eigenvalue weighted by Crippen LogP contribution is 2.29. The van der Waals surface area contributed by atoms with Crippen molar-refractivity contribution in [2.45, 2.75) is 65.1 Å². The van der Waals surface area contributed by atoms with Crippen LogP contribution in [0.2, 0.25) is 0 Å². The van der Waals surface area contributed by atoms with E-state index in [0.717, 1.165) is 10.5 Å². The van der Waals surface area contributed by atoms with E-state index < -0.39 is 48.1 Å². The number of ether oxygens (including phenoxy) is 1. The molecule has 6 N–H and O–H groups in total. The Labute approximate surface area is 228 Å². The van der Waals surface area contributed by atoms with Gasteiger partial charge in [-0.2, -0.15) is 0 Å². The van der Waals surface area contributed by atoms with Gasteiger partial charge in [-0.15, -0.1) is 0 Å². The summed E-state index contributed by atoms with van der Waals surface area (Å²) in [5.74, 6) is -1.99. The van der Waals surface area contributed by atoms with Crippen LogP contribution in [0, 0.1) is 13.8 Å². The molecule has 2 aromatic rings. The second-order valence-electron chi connectivity index (χ2n) is 10.2. The van der Waals surface area contributed by atoms with Crippen LogP contribution in [0.25, 0.3) is 0 Å². The van der Waals surface area contributed by atoms with Gasteiger partial charge in [-0.3, -0.25) is 14.4 Å². The van der Waals surface area contributed by atoms with E-state index in [9.17, 15) is 29.4 Å². The van der Waals surface area contributed by atoms with E-state index in [1.54, 1.807) is 45.9 Å². The molecule has 2 aromatic carbocycles. The summed E-state index contributed by atoms with van der Waals surface area (Å²) in [5, 5.41) is 25.3. The maximum absolute atomic E-state index is 13.9. The first-order valence-corrected chi connectivity index (χ1v) is 12.6. The molecule has 2 rings (SSSR count). The van der Waals surface area contributed by atoms with Gasteiger partial charge in [0.2, 0.25) is 11.8 Å². The first-order valence-electron chi connectivity index (χ1n) is 12.6. The maximum Gasteiger partial charge on any atom is 0.408 e. The zero-order valence-corrected chi connectivity index (χ0v) is 23.0. The molecule has 0 bridgehead atoms. The topological polar surface area (TPSA) is 171 Å². The molecule has 11 nitrogen and oxygen atoms in total. The summed E-state index contributed by atoms with van der Waals surface area (Å²) in [6, 6.07) is 9.02. The predicted octanol–water partition coefficient (Wildman–Crippen LogP) is 2.67.